The number of hydrogen-bond donors (Lipinski definition) is 1. The van der Waals surface area contributed by atoms with E-state index >= 15 is 0 Å². The van der Waals surface area contributed by atoms with Crippen LogP contribution in [0.5, 0.6) is 0 Å². The van der Waals surface area contributed by atoms with E-state index in [-0.39, 0.29) is 11.7 Å². The summed E-state index contributed by atoms with van der Waals surface area (Å²) in [6.45, 7) is 9.16. The molecule has 1 N–H and O–H groups in total. The smallest absolute Gasteiger partial charge is 0.0940 e. The van der Waals surface area contributed by atoms with Gasteiger partial charge in [0.05, 0.1) is 40.8 Å². The lowest BCUT2D eigenvalue weighted by Crippen LogP contribution is -2.51. The third kappa shape index (κ3) is 3.81. The van der Waals surface area contributed by atoms with E-state index in [0.717, 1.165) is 35.4 Å². The summed E-state index contributed by atoms with van der Waals surface area (Å²) in [5.41, 5.74) is 2.03. The van der Waals surface area contributed by atoms with Crippen molar-refractivity contribution < 1.29 is 9.47 Å². The lowest BCUT2D eigenvalue weighted by molar-refractivity contribution is -0.122. The van der Waals surface area contributed by atoms with Crippen LogP contribution in [0, 0.1) is 0 Å². The maximum atomic E-state index is 5.98. The zero-order chi connectivity index (χ0) is 14.8. The summed E-state index contributed by atoms with van der Waals surface area (Å²) in [5, 5.41) is 7.84. The monoisotopic (exact) mass is 345 g/mol. The molecule has 0 radical (unpaired) electrons. The Morgan fingerprint density at radius 1 is 1.55 bits per heavy atom. The average molecular weight is 346 g/mol. The van der Waals surface area contributed by atoms with Crippen molar-refractivity contribution in [1.82, 2.24) is 15.1 Å². The van der Waals surface area contributed by atoms with Gasteiger partial charge in [-0.2, -0.15) is 5.10 Å². The summed E-state index contributed by atoms with van der Waals surface area (Å²) in [7, 11) is 1.95. The van der Waals surface area contributed by atoms with E-state index in [1.54, 1.807) is 0 Å². The third-order valence-electron chi connectivity index (χ3n) is 3.45. The van der Waals surface area contributed by atoms with Crippen LogP contribution in [0.3, 0.4) is 0 Å². The van der Waals surface area contributed by atoms with Gasteiger partial charge in [-0.15, -0.1) is 0 Å². The normalized spacial score (nSPS) is 22.1. The first kappa shape index (κ1) is 15.9. The Morgan fingerprint density at radius 3 is 2.90 bits per heavy atom. The molecule has 1 saturated heterocycles. The molecule has 0 spiro atoms. The van der Waals surface area contributed by atoms with Crippen LogP contribution in [0.25, 0.3) is 0 Å². The second-order valence-electron chi connectivity index (χ2n) is 5.83. The van der Waals surface area contributed by atoms with Crippen LogP contribution in [0.15, 0.2) is 4.47 Å². The van der Waals surface area contributed by atoms with E-state index in [0.29, 0.717) is 13.2 Å². The fourth-order valence-electron chi connectivity index (χ4n) is 2.43. The number of nitrogens with zero attached hydrogens (tertiary/aromatic N) is 2. The molecule has 2 rings (SSSR count). The van der Waals surface area contributed by atoms with Crippen LogP contribution in [-0.2, 0) is 29.5 Å². The van der Waals surface area contributed by atoms with E-state index in [1.165, 1.54) is 0 Å². The highest BCUT2D eigenvalue weighted by atomic mass is 79.9. The predicted molar refractivity (Wildman–Crippen MR) is 81.8 cm³/mol. The van der Waals surface area contributed by atoms with Crippen LogP contribution >= 0.6 is 15.9 Å². The van der Waals surface area contributed by atoms with Gasteiger partial charge in [-0.05, 0) is 36.2 Å². The van der Waals surface area contributed by atoms with Gasteiger partial charge in [0.2, 0.25) is 0 Å². The Hall–Kier alpha value is -0.430. The minimum atomic E-state index is -0.116. The van der Waals surface area contributed by atoms with Gasteiger partial charge in [-0.25, -0.2) is 0 Å². The Labute approximate surface area is 129 Å². The number of hydrogen-bond acceptors (Lipinski definition) is 4. The number of ether oxygens (including phenoxy) is 2. The molecule has 6 heteroatoms. The molecule has 0 bridgehead atoms. The minimum Gasteiger partial charge on any atom is -0.372 e. The van der Waals surface area contributed by atoms with Crippen molar-refractivity contribution in [3.8, 4) is 0 Å². The van der Waals surface area contributed by atoms with Crippen molar-refractivity contribution in [2.24, 2.45) is 7.05 Å². The second kappa shape index (κ2) is 6.56. The van der Waals surface area contributed by atoms with Crippen molar-refractivity contribution in [2.75, 3.05) is 19.7 Å². The van der Waals surface area contributed by atoms with Crippen molar-refractivity contribution >= 4 is 15.9 Å². The number of nitrogens with one attached hydrogen (secondary N) is 1. The van der Waals surface area contributed by atoms with E-state index in [9.17, 15) is 0 Å². The second-order valence-corrected chi connectivity index (χ2v) is 6.62. The van der Waals surface area contributed by atoms with Gasteiger partial charge in [-0.3, -0.25) is 4.68 Å². The van der Waals surface area contributed by atoms with Gasteiger partial charge in [0.15, 0.2) is 0 Å². The molecule has 1 fully saturated rings. The Kier molecular flexibility index (Phi) is 5.23. The molecule has 0 saturated carbocycles. The van der Waals surface area contributed by atoms with Crippen LogP contribution in [-0.4, -0.2) is 41.2 Å². The zero-order valence-corrected chi connectivity index (χ0v) is 14.3. The van der Waals surface area contributed by atoms with Crippen molar-refractivity contribution in [3.63, 3.8) is 0 Å². The molecule has 1 atom stereocenters. The summed E-state index contributed by atoms with van der Waals surface area (Å²) >= 11 is 3.60. The molecule has 1 unspecified atom stereocenters. The largest absolute Gasteiger partial charge is 0.372 e. The van der Waals surface area contributed by atoms with Gasteiger partial charge < -0.3 is 14.8 Å². The van der Waals surface area contributed by atoms with E-state index in [1.807, 2.05) is 11.7 Å². The number of rotatable bonds is 5. The Balaban J connectivity index is 1.86. The van der Waals surface area contributed by atoms with Crippen LogP contribution < -0.4 is 5.32 Å². The minimum absolute atomic E-state index is 0.108. The van der Waals surface area contributed by atoms with Gasteiger partial charge in [0.25, 0.3) is 0 Å². The standard InChI is InChI=1S/C14H24BrN3O2/c1-5-11-13(15)12(18(4)17-11)8-19-7-10-6-16-9-14(2,3)20-10/h10,16H,5-9H2,1-4H3. The third-order valence-corrected chi connectivity index (χ3v) is 4.37. The molecule has 1 aromatic heterocycles. The van der Waals surface area contributed by atoms with Crippen molar-refractivity contribution in [1.29, 1.82) is 0 Å². The summed E-state index contributed by atoms with van der Waals surface area (Å²) in [5.74, 6) is 0. The fraction of sp³-hybridized carbons (Fsp3) is 0.786. The predicted octanol–water partition coefficient (Wildman–Crippen LogP) is 2.03. The van der Waals surface area contributed by atoms with Crippen LogP contribution in [0.4, 0.5) is 0 Å². The van der Waals surface area contributed by atoms with E-state index in [4.69, 9.17) is 9.47 Å². The summed E-state index contributed by atoms with van der Waals surface area (Å²) in [6, 6.07) is 0. The molecule has 2 heterocycles. The molecule has 0 amide bonds. The van der Waals surface area contributed by atoms with Gasteiger partial charge in [0, 0.05) is 20.1 Å². The molecule has 114 valence electrons. The summed E-state index contributed by atoms with van der Waals surface area (Å²) in [6.07, 6.45) is 1.02. The highest BCUT2D eigenvalue weighted by Crippen LogP contribution is 2.22. The molecule has 1 aliphatic heterocycles. The summed E-state index contributed by atoms with van der Waals surface area (Å²) in [4.78, 5) is 0. The molecule has 1 aromatic rings. The summed E-state index contributed by atoms with van der Waals surface area (Å²) < 4.78 is 14.7. The fourth-order valence-corrected chi connectivity index (χ4v) is 3.16. The highest BCUT2D eigenvalue weighted by Gasteiger charge is 2.28. The first-order chi connectivity index (χ1) is 9.43. The first-order valence-electron chi connectivity index (χ1n) is 7.09. The lowest BCUT2D eigenvalue weighted by Gasteiger charge is -2.36. The van der Waals surface area contributed by atoms with Gasteiger partial charge >= 0.3 is 0 Å². The number of aromatic nitrogens is 2. The molecular weight excluding hydrogens is 322 g/mol. The first-order valence-corrected chi connectivity index (χ1v) is 7.88. The molecule has 1 aliphatic rings. The molecule has 0 aliphatic carbocycles. The Bertz CT molecular complexity index is 460. The molecule has 0 aromatic carbocycles. The van der Waals surface area contributed by atoms with E-state index < -0.39 is 0 Å². The van der Waals surface area contributed by atoms with Gasteiger partial charge in [0.1, 0.15) is 0 Å². The quantitative estimate of drug-likeness (QED) is 0.886. The van der Waals surface area contributed by atoms with Crippen LogP contribution in [0.1, 0.15) is 32.2 Å². The average Bonchev–Trinajstić information content (AvgIpc) is 2.64. The van der Waals surface area contributed by atoms with Crippen molar-refractivity contribution in [3.05, 3.63) is 15.9 Å². The maximum absolute atomic E-state index is 5.98. The topological polar surface area (TPSA) is 48.3 Å². The maximum Gasteiger partial charge on any atom is 0.0940 e. The van der Waals surface area contributed by atoms with E-state index in [2.05, 4.69) is 47.1 Å². The number of aryl methyl sites for hydroxylation is 2. The van der Waals surface area contributed by atoms with Crippen molar-refractivity contribution in [2.45, 2.75) is 45.5 Å². The van der Waals surface area contributed by atoms with Crippen LogP contribution in [0.2, 0.25) is 0 Å². The molecule has 5 nitrogen and oxygen atoms in total. The number of halogens is 1. The SMILES string of the molecule is CCc1nn(C)c(COCC2CNCC(C)(C)O2)c1Br. The molecule has 20 heavy (non-hydrogen) atoms. The van der Waals surface area contributed by atoms with Gasteiger partial charge in [-0.1, -0.05) is 6.92 Å². The highest BCUT2D eigenvalue weighted by molar-refractivity contribution is 9.10. The number of morpholine rings is 1. The lowest BCUT2D eigenvalue weighted by atomic mass is 10.1. The zero-order valence-electron chi connectivity index (χ0n) is 12.7. The Morgan fingerprint density at radius 2 is 2.30 bits per heavy atom. The molecular formula is C14H24BrN3O2.